The molecule has 0 aromatic heterocycles. The third-order valence-corrected chi connectivity index (χ3v) is 3.39. The van der Waals surface area contributed by atoms with Gasteiger partial charge in [0, 0.05) is 13.1 Å². The highest BCUT2D eigenvalue weighted by Crippen LogP contribution is 2.26. The van der Waals surface area contributed by atoms with Crippen molar-refractivity contribution in [1.82, 2.24) is 4.90 Å². The fourth-order valence-corrected chi connectivity index (χ4v) is 2.02. The number of nitrogens with two attached hydrogens (primary N) is 1. The lowest BCUT2D eigenvalue weighted by atomic mass is 10.2. The number of rotatable bonds is 4. The number of guanidine groups is 1. The summed E-state index contributed by atoms with van der Waals surface area (Å²) >= 11 is 6.05. The van der Waals surface area contributed by atoms with Crippen molar-refractivity contribution >= 4 is 17.6 Å². The summed E-state index contributed by atoms with van der Waals surface area (Å²) in [6, 6.07) is 6.22. The van der Waals surface area contributed by atoms with Gasteiger partial charge in [0.25, 0.3) is 0 Å². The van der Waals surface area contributed by atoms with Crippen molar-refractivity contribution in [2.24, 2.45) is 10.7 Å². The molecule has 5 heteroatoms. The van der Waals surface area contributed by atoms with Gasteiger partial charge in [-0.15, -0.1) is 0 Å². The van der Waals surface area contributed by atoms with Gasteiger partial charge in [0.2, 0.25) is 0 Å². The summed E-state index contributed by atoms with van der Waals surface area (Å²) in [5.41, 5.74) is 6.94. The monoisotopic (exact) mass is 267 g/mol. The average molecular weight is 268 g/mol. The molecule has 0 amide bonds. The van der Waals surface area contributed by atoms with Crippen LogP contribution in [0.3, 0.4) is 0 Å². The lowest BCUT2D eigenvalue weighted by molar-refractivity contribution is 0.415. The molecule has 0 atom stereocenters. The number of hydrogen-bond donors (Lipinski definition) is 1. The van der Waals surface area contributed by atoms with Gasteiger partial charge < -0.3 is 15.4 Å². The predicted molar refractivity (Wildman–Crippen MR) is 74.1 cm³/mol. The Hall–Kier alpha value is -1.42. The van der Waals surface area contributed by atoms with E-state index in [1.54, 1.807) is 7.11 Å². The van der Waals surface area contributed by atoms with Crippen molar-refractivity contribution in [3.05, 3.63) is 28.8 Å². The van der Waals surface area contributed by atoms with Crippen LogP contribution in [0.2, 0.25) is 5.02 Å². The number of methoxy groups -OCH3 is 1. The molecule has 2 rings (SSSR count). The van der Waals surface area contributed by atoms with Crippen molar-refractivity contribution in [2.75, 3.05) is 14.2 Å². The van der Waals surface area contributed by atoms with Gasteiger partial charge >= 0.3 is 0 Å². The lowest BCUT2D eigenvalue weighted by Crippen LogP contribution is -2.35. The van der Waals surface area contributed by atoms with Gasteiger partial charge in [-0.2, -0.15) is 0 Å². The van der Waals surface area contributed by atoms with Gasteiger partial charge in [0.1, 0.15) is 5.75 Å². The highest BCUT2D eigenvalue weighted by Gasteiger charge is 2.27. The summed E-state index contributed by atoms with van der Waals surface area (Å²) in [5, 5.41) is 0.597. The summed E-state index contributed by atoms with van der Waals surface area (Å²) in [6.45, 7) is 0.534. The van der Waals surface area contributed by atoms with Crippen molar-refractivity contribution in [3.8, 4) is 5.75 Å². The van der Waals surface area contributed by atoms with Crippen molar-refractivity contribution < 1.29 is 4.74 Å². The number of ether oxygens (including phenoxy) is 1. The van der Waals surface area contributed by atoms with Gasteiger partial charge in [-0.05, 0) is 30.5 Å². The van der Waals surface area contributed by atoms with Crippen LogP contribution in [0.5, 0.6) is 5.75 Å². The topological polar surface area (TPSA) is 50.9 Å². The van der Waals surface area contributed by atoms with Gasteiger partial charge in [-0.25, -0.2) is 4.99 Å². The highest BCUT2D eigenvalue weighted by molar-refractivity contribution is 6.32. The first-order valence-corrected chi connectivity index (χ1v) is 6.34. The van der Waals surface area contributed by atoms with E-state index in [0.717, 1.165) is 5.56 Å². The standard InChI is InChI=1S/C13H18ClN3O/c1-17(10-4-5-10)13(15)16-8-9-3-6-12(18-2)11(14)7-9/h3,6-7,10H,4-5,8H2,1-2H3,(H2,15,16). The second-order valence-electron chi connectivity index (χ2n) is 4.49. The van der Waals surface area contributed by atoms with Crippen LogP contribution in [-0.2, 0) is 6.54 Å². The van der Waals surface area contributed by atoms with Crippen molar-refractivity contribution in [2.45, 2.75) is 25.4 Å². The second-order valence-corrected chi connectivity index (χ2v) is 4.89. The molecule has 0 heterocycles. The number of benzene rings is 1. The zero-order valence-corrected chi connectivity index (χ0v) is 11.4. The Bertz CT molecular complexity index is 458. The molecule has 1 aliphatic carbocycles. The van der Waals surface area contributed by atoms with Crippen LogP contribution in [0.4, 0.5) is 0 Å². The maximum atomic E-state index is 6.05. The summed E-state index contributed by atoms with van der Waals surface area (Å²) in [5.74, 6) is 1.26. The van der Waals surface area contributed by atoms with Crippen LogP contribution < -0.4 is 10.5 Å². The number of hydrogen-bond acceptors (Lipinski definition) is 2. The first kappa shape index (κ1) is 13.0. The third kappa shape index (κ3) is 3.07. The minimum Gasteiger partial charge on any atom is -0.495 e. The predicted octanol–water partition coefficient (Wildman–Crippen LogP) is 2.26. The first-order valence-electron chi connectivity index (χ1n) is 5.97. The summed E-state index contributed by atoms with van der Waals surface area (Å²) in [7, 11) is 3.58. The maximum Gasteiger partial charge on any atom is 0.191 e. The normalized spacial score (nSPS) is 15.6. The van der Waals surface area contributed by atoms with Crippen LogP contribution in [-0.4, -0.2) is 31.1 Å². The van der Waals surface area contributed by atoms with E-state index in [1.165, 1.54) is 12.8 Å². The molecular formula is C13H18ClN3O. The Balaban J connectivity index is 2.00. The molecule has 1 saturated carbocycles. The number of nitrogens with zero attached hydrogens (tertiary/aromatic N) is 2. The molecule has 0 aliphatic heterocycles. The zero-order chi connectivity index (χ0) is 13.1. The van der Waals surface area contributed by atoms with Crippen LogP contribution in [0, 0.1) is 0 Å². The lowest BCUT2D eigenvalue weighted by Gasteiger charge is -2.16. The molecule has 0 saturated heterocycles. The van der Waals surface area contributed by atoms with Gasteiger partial charge in [-0.3, -0.25) is 0 Å². The SMILES string of the molecule is COc1ccc(CN=C(N)N(C)C2CC2)cc1Cl. The van der Waals surface area contributed by atoms with Gasteiger partial charge in [0.15, 0.2) is 5.96 Å². The van der Waals surface area contributed by atoms with Crippen LogP contribution >= 0.6 is 11.6 Å². The number of halogens is 1. The smallest absolute Gasteiger partial charge is 0.191 e. The fourth-order valence-electron chi connectivity index (χ4n) is 1.74. The molecule has 0 spiro atoms. The van der Waals surface area contributed by atoms with Crippen molar-refractivity contribution in [1.29, 1.82) is 0 Å². The highest BCUT2D eigenvalue weighted by atomic mass is 35.5. The Morgan fingerprint density at radius 1 is 1.56 bits per heavy atom. The first-order chi connectivity index (χ1) is 8.61. The van der Waals surface area contributed by atoms with E-state index in [-0.39, 0.29) is 0 Å². The molecule has 1 aliphatic rings. The molecule has 18 heavy (non-hydrogen) atoms. The zero-order valence-electron chi connectivity index (χ0n) is 10.7. The molecule has 4 nitrogen and oxygen atoms in total. The average Bonchev–Trinajstić information content (AvgIpc) is 3.19. The molecule has 0 unspecified atom stereocenters. The molecule has 0 radical (unpaired) electrons. The van der Waals surface area contributed by atoms with E-state index in [4.69, 9.17) is 22.1 Å². The van der Waals surface area contributed by atoms with Gasteiger partial charge in [0.05, 0.1) is 18.7 Å². The third-order valence-electron chi connectivity index (χ3n) is 3.10. The Morgan fingerprint density at radius 3 is 2.83 bits per heavy atom. The molecule has 2 N–H and O–H groups in total. The summed E-state index contributed by atoms with van der Waals surface area (Å²) in [4.78, 5) is 6.41. The summed E-state index contributed by atoms with van der Waals surface area (Å²) in [6.07, 6.45) is 2.42. The van der Waals surface area contributed by atoms with E-state index < -0.39 is 0 Å². The van der Waals surface area contributed by atoms with Crippen LogP contribution in [0.1, 0.15) is 18.4 Å². The van der Waals surface area contributed by atoms with E-state index in [2.05, 4.69) is 4.99 Å². The molecular weight excluding hydrogens is 250 g/mol. The van der Waals surface area contributed by atoms with Crippen LogP contribution in [0.15, 0.2) is 23.2 Å². The number of aliphatic imine (C=N–C) groups is 1. The Morgan fingerprint density at radius 2 is 2.28 bits per heavy atom. The van der Waals surface area contributed by atoms with E-state index in [9.17, 15) is 0 Å². The Kier molecular flexibility index (Phi) is 3.97. The molecule has 98 valence electrons. The second kappa shape index (κ2) is 5.48. The van der Waals surface area contributed by atoms with E-state index >= 15 is 0 Å². The molecule has 1 aromatic carbocycles. The molecule has 1 aromatic rings. The molecule has 1 fully saturated rings. The fraction of sp³-hybridized carbons (Fsp3) is 0.462. The van der Waals surface area contributed by atoms with E-state index in [1.807, 2.05) is 30.1 Å². The van der Waals surface area contributed by atoms with Gasteiger partial charge in [-0.1, -0.05) is 17.7 Å². The molecule has 0 bridgehead atoms. The maximum absolute atomic E-state index is 6.05. The minimum atomic E-state index is 0.534. The van der Waals surface area contributed by atoms with Crippen LogP contribution in [0.25, 0.3) is 0 Å². The minimum absolute atomic E-state index is 0.534. The largest absolute Gasteiger partial charge is 0.495 e. The summed E-state index contributed by atoms with van der Waals surface area (Å²) < 4.78 is 5.10. The van der Waals surface area contributed by atoms with E-state index in [0.29, 0.717) is 29.3 Å². The van der Waals surface area contributed by atoms with Crippen molar-refractivity contribution in [3.63, 3.8) is 0 Å². The Labute approximate surface area is 112 Å². The quantitative estimate of drug-likeness (QED) is 0.672.